The molecule has 0 radical (unpaired) electrons. The van der Waals surface area contributed by atoms with Crippen molar-refractivity contribution in [3.05, 3.63) is 23.8 Å². The van der Waals surface area contributed by atoms with Crippen LogP contribution in [0.4, 0.5) is 11.4 Å². The monoisotopic (exact) mass is 332 g/mol. The Balaban J connectivity index is 1.41. The van der Waals surface area contributed by atoms with Gasteiger partial charge in [-0.2, -0.15) is 0 Å². The molecule has 2 heterocycles. The van der Waals surface area contributed by atoms with Gasteiger partial charge in [0.05, 0.1) is 25.7 Å². The topological polar surface area (TPSA) is 50.8 Å². The van der Waals surface area contributed by atoms with E-state index >= 15 is 0 Å². The smallest absolute Gasteiger partial charge is 0.226 e. The van der Waals surface area contributed by atoms with Crippen molar-refractivity contribution >= 4 is 17.3 Å². The lowest BCUT2D eigenvalue weighted by molar-refractivity contribution is -0.117. The fraction of sp³-hybridized carbons (Fsp3) is 0.632. The highest BCUT2D eigenvalue weighted by molar-refractivity contribution is 5.91. The molecule has 24 heavy (non-hydrogen) atoms. The minimum absolute atomic E-state index is 0.000590. The first-order valence-corrected chi connectivity index (χ1v) is 9.07. The highest BCUT2D eigenvalue weighted by Crippen LogP contribution is 2.25. The van der Waals surface area contributed by atoms with Crippen LogP contribution in [0.25, 0.3) is 0 Å². The zero-order valence-electron chi connectivity index (χ0n) is 14.6. The number of rotatable bonds is 7. The number of carbonyl (C=O) groups excluding carboxylic acids is 1. The van der Waals surface area contributed by atoms with Crippen LogP contribution in [-0.2, 0) is 14.3 Å². The first-order valence-electron chi connectivity index (χ1n) is 9.07. The van der Waals surface area contributed by atoms with Crippen LogP contribution in [0.2, 0.25) is 0 Å². The van der Waals surface area contributed by atoms with E-state index in [4.69, 9.17) is 9.47 Å². The molecule has 5 nitrogen and oxygen atoms in total. The van der Waals surface area contributed by atoms with Crippen molar-refractivity contribution in [2.45, 2.75) is 45.1 Å². The molecule has 0 aliphatic carbocycles. The van der Waals surface area contributed by atoms with E-state index in [0.29, 0.717) is 19.6 Å². The van der Waals surface area contributed by atoms with Crippen molar-refractivity contribution in [1.82, 2.24) is 0 Å². The predicted molar refractivity (Wildman–Crippen MR) is 95.7 cm³/mol. The van der Waals surface area contributed by atoms with Crippen LogP contribution in [0.15, 0.2) is 18.2 Å². The number of nitrogens with zero attached hydrogens (tertiary/aromatic N) is 1. The second-order valence-electron chi connectivity index (χ2n) is 6.70. The van der Waals surface area contributed by atoms with Crippen LogP contribution in [0.5, 0.6) is 0 Å². The van der Waals surface area contributed by atoms with Gasteiger partial charge in [0.2, 0.25) is 5.91 Å². The number of hydrogen-bond donors (Lipinski definition) is 1. The third kappa shape index (κ3) is 4.71. The first kappa shape index (κ1) is 17.2. The maximum Gasteiger partial charge on any atom is 0.226 e. The van der Waals surface area contributed by atoms with Gasteiger partial charge in [-0.25, -0.2) is 0 Å². The Labute approximate surface area is 144 Å². The molecule has 1 aromatic carbocycles. The van der Waals surface area contributed by atoms with Crippen LogP contribution in [0.1, 0.15) is 37.7 Å². The van der Waals surface area contributed by atoms with E-state index in [1.165, 1.54) is 18.5 Å². The normalized spacial score (nSPS) is 20.5. The zero-order chi connectivity index (χ0) is 16.8. The maximum atomic E-state index is 12.1. The summed E-state index contributed by atoms with van der Waals surface area (Å²) in [6, 6.07) is 6.27. The van der Waals surface area contributed by atoms with Gasteiger partial charge in [0.1, 0.15) is 0 Å². The van der Waals surface area contributed by atoms with Gasteiger partial charge in [-0.1, -0.05) is 0 Å². The van der Waals surface area contributed by atoms with Gasteiger partial charge < -0.3 is 19.7 Å². The summed E-state index contributed by atoms with van der Waals surface area (Å²) in [6.07, 6.45) is 5.30. The number of carbonyl (C=O) groups is 1. The summed E-state index contributed by atoms with van der Waals surface area (Å²) < 4.78 is 11.0. The molecular formula is C19H28N2O3. The van der Waals surface area contributed by atoms with Crippen molar-refractivity contribution in [2.75, 3.05) is 43.1 Å². The molecule has 0 saturated carbocycles. The molecule has 1 unspecified atom stereocenters. The van der Waals surface area contributed by atoms with E-state index in [2.05, 4.69) is 22.3 Å². The van der Waals surface area contributed by atoms with Crippen LogP contribution in [0, 0.1) is 6.92 Å². The van der Waals surface area contributed by atoms with E-state index in [0.717, 1.165) is 43.8 Å². The lowest BCUT2D eigenvalue weighted by Crippen LogP contribution is -2.19. The lowest BCUT2D eigenvalue weighted by atomic mass is 10.1. The van der Waals surface area contributed by atoms with Crippen LogP contribution >= 0.6 is 0 Å². The summed E-state index contributed by atoms with van der Waals surface area (Å²) in [4.78, 5) is 14.5. The molecule has 2 saturated heterocycles. The number of anilines is 2. The van der Waals surface area contributed by atoms with Crippen molar-refractivity contribution in [3.8, 4) is 0 Å². The number of hydrogen-bond acceptors (Lipinski definition) is 4. The van der Waals surface area contributed by atoms with Crippen molar-refractivity contribution < 1.29 is 14.3 Å². The van der Waals surface area contributed by atoms with E-state index < -0.39 is 0 Å². The molecule has 1 atom stereocenters. The molecule has 1 amide bonds. The minimum Gasteiger partial charge on any atom is -0.378 e. The van der Waals surface area contributed by atoms with E-state index in [1.807, 2.05) is 13.0 Å². The Kier molecular flexibility index (Phi) is 6.10. The van der Waals surface area contributed by atoms with Crippen LogP contribution in [-0.4, -0.2) is 44.9 Å². The third-order valence-corrected chi connectivity index (χ3v) is 4.76. The predicted octanol–water partition coefficient (Wildman–Crippen LogP) is 3.12. The Morgan fingerprint density at radius 3 is 2.88 bits per heavy atom. The highest BCUT2D eigenvalue weighted by atomic mass is 16.5. The van der Waals surface area contributed by atoms with Crippen molar-refractivity contribution in [2.24, 2.45) is 0 Å². The molecular weight excluding hydrogens is 304 g/mol. The SMILES string of the molecule is Cc1cc(N2CCCC2)ccc1NC(=O)CCOCC1CCCO1. The molecule has 0 spiro atoms. The molecule has 2 fully saturated rings. The molecule has 3 rings (SSSR count). The van der Waals surface area contributed by atoms with Gasteiger partial charge in [0.25, 0.3) is 0 Å². The van der Waals surface area contributed by atoms with Gasteiger partial charge in [0, 0.05) is 31.1 Å². The summed E-state index contributed by atoms with van der Waals surface area (Å²) in [5, 5.41) is 2.99. The van der Waals surface area contributed by atoms with Gasteiger partial charge in [0.15, 0.2) is 0 Å². The number of ether oxygens (including phenoxy) is 2. The average molecular weight is 332 g/mol. The molecule has 5 heteroatoms. The van der Waals surface area contributed by atoms with Gasteiger partial charge >= 0.3 is 0 Å². The van der Waals surface area contributed by atoms with Crippen LogP contribution in [0.3, 0.4) is 0 Å². The summed E-state index contributed by atoms with van der Waals surface area (Å²) in [5.41, 5.74) is 3.25. The number of aryl methyl sites for hydroxylation is 1. The summed E-state index contributed by atoms with van der Waals surface area (Å²) in [6.45, 7) is 6.18. The Morgan fingerprint density at radius 1 is 1.33 bits per heavy atom. The maximum absolute atomic E-state index is 12.1. The van der Waals surface area contributed by atoms with Gasteiger partial charge in [-0.05, 0) is 56.4 Å². The number of benzene rings is 1. The van der Waals surface area contributed by atoms with Crippen molar-refractivity contribution in [1.29, 1.82) is 0 Å². The molecule has 132 valence electrons. The van der Waals surface area contributed by atoms with Crippen molar-refractivity contribution in [3.63, 3.8) is 0 Å². The summed E-state index contributed by atoms with van der Waals surface area (Å²) in [5.74, 6) is -0.000590. The summed E-state index contributed by atoms with van der Waals surface area (Å²) >= 11 is 0. The largest absolute Gasteiger partial charge is 0.378 e. The first-order chi connectivity index (χ1) is 11.7. The standard InChI is InChI=1S/C19H28N2O3/c1-15-13-16(21-9-2-3-10-21)6-7-18(15)20-19(22)8-12-23-14-17-5-4-11-24-17/h6-7,13,17H,2-5,8-12,14H2,1H3,(H,20,22). The van der Waals surface area contributed by atoms with Crippen LogP contribution < -0.4 is 10.2 Å². The zero-order valence-corrected chi connectivity index (χ0v) is 14.6. The molecule has 1 aromatic rings. The third-order valence-electron chi connectivity index (χ3n) is 4.76. The fourth-order valence-corrected chi connectivity index (χ4v) is 3.33. The summed E-state index contributed by atoms with van der Waals surface area (Å²) in [7, 11) is 0. The van der Waals surface area contributed by atoms with E-state index in [-0.39, 0.29) is 12.0 Å². The average Bonchev–Trinajstić information content (AvgIpc) is 3.27. The van der Waals surface area contributed by atoms with E-state index in [9.17, 15) is 4.79 Å². The molecule has 1 N–H and O–H groups in total. The fourth-order valence-electron chi connectivity index (χ4n) is 3.33. The number of nitrogens with one attached hydrogen (secondary N) is 1. The van der Waals surface area contributed by atoms with Gasteiger partial charge in [-0.15, -0.1) is 0 Å². The minimum atomic E-state index is -0.000590. The Hall–Kier alpha value is -1.59. The number of amides is 1. The lowest BCUT2D eigenvalue weighted by Gasteiger charge is -2.19. The highest BCUT2D eigenvalue weighted by Gasteiger charge is 2.16. The van der Waals surface area contributed by atoms with E-state index in [1.54, 1.807) is 0 Å². The molecule has 2 aliphatic rings. The molecule has 2 aliphatic heterocycles. The molecule has 0 bridgehead atoms. The van der Waals surface area contributed by atoms with Gasteiger partial charge in [-0.3, -0.25) is 4.79 Å². The Morgan fingerprint density at radius 2 is 2.17 bits per heavy atom. The molecule has 0 aromatic heterocycles. The second-order valence-corrected chi connectivity index (χ2v) is 6.70. The Bertz CT molecular complexity index is 550. The quantitative estimate of drug-likeness (QED) is 0.780. The second kappa shape index (κ2) is 8.49.